The van der Waals surface area contributed by atoms with Crippen molar-refractivity contribution < 1.29 is 9.90 Å². The molecular formula is C18H24N4O2. The number of hydrogen-bond donors (Lipinski definition) is 2. The molecule has 24 heavy (non-hydrogen) atoms. The van der Waals surface area contributed by atoms with Gasteiger partial charge in [-0.1, -0.05) is 19.9 Å². The highest BCUT2D eigenvalue weighted by atomic mass is 16.4. The molecule has 0 aliphatic rings. The molecule has 1 aromatic carbocycles. The number of carboxylic acids is 1. The summed E-state index contributed by atoms with van der Waals surface area (Å²) in [5, 5.41) is 12.3. The van der Waals surface area contributed by atoms with E-state index in [0.717, 1.165) is 31.6 Å². The molecule has 2 N–H and O–H groups in total. The number of anilines is 3. The maximum absolute atomic E-state index is 11.1. The van der Waals surface area contributed by atoms with E-state index in [-0.39, 0.29) is 5.56 Å². The van der Waals surface area contributed by atoms with Gasteiger partial charge < -0.3 is 15.3 Å². The fourth-order valence-corrected chi connectivity index (χ4v) is 2.49. The lowest BCUT2D eigenvalue weighted by atomic mass is 10.2. The van der Waals surface area contributed by atoms with E-state index in [2.05, 4.69) is 34.0 Å². The summed E-state index contributed by atoms with van der Waals surface area (Å²) in [7, 11) is 0. The van der Waals surface area contributed by atoms with Crippen LogP contribution in [0.1, 0.15) is 42.7 Å². The zero-order chi connectivity index (χ0) is 17.5. The van der Waals surface area contributed by atoms with Crippen LogP contribution < -0.4 is 10.2 Å². The summed E-state index contributed by atoms with van der Waals surface area (Å²) in [5.41, 5.74) is 1.80. The number of aromatic carboxylic acids is 1. The quantitative estimate of drug-likeness (QED) is 0.766. The largest absolute Gasteiger partial charge is 0.478 e. The van der Waals surface area contributed by atoms with Gasteiger partial charge in [-0.15, -0.1) is 0 Å². The van der Waals surface area contributed by atoms with Crippen LogP contribution in [0, 0.1) is 6.92 Å². The maximum atomic E-state index is 11.1. The minimum absolute atomic E-state index is 0.240. The second kappa shape index (κ2) is 8.29. The zero-order valence-electron chi connectivity index (χ0n) is 14.4. The van der Waals surface area contributed by atoms with Gasteiger partial charge in [0.2, 0.25) is 5.95 Å². The summed E-state index contributed by atoms with van der Waals surface area (Å²) in [4.78, 5) is 22.4. The van der Waals surface area contributed by atoms with Crippen LogP contribution >= 0.6 is 0 Å². The van der Waals surface area contributed by atoms with E-state index < -0.39 is 5.97 Å². The summed E-state index contributed by atoms with van der Waals surface area (Å²) in [6, 6.07) is 8.54. The van der Waals surface area contributed by atoms with Gasteiger partial charge in [0, 0.05) is 30.5 Å². The highest BCUT2D eigenvalue weighted by molar-refractivity contribution is 5.89. The molecule has 1 aromatic heterocycles. The second-order valence-corrected chi connectivity index (χ2v) is 5.69. The van der Waals surface area contributed by atoms with Crippen LogP contribution in [0.3, 0.4) is 0 Å². The third-order valence-electron chi connectivity index (χ3n) is 3.49. The van der Waals surface area contributed by atoms with Crippen molar-refractivity contribution in [3.05, 3.63) is 41.6 Å². The minimum Gasteiger partial charge on any atom is -0.478 e. The van der Waals surface area contributed by atoms with Crippen molar-refractivity contribution >= 4 is 23.4 Å². The molecule has 6 nitrogen and oxygen atoms in total. The van der Waals surface area contributed by atoms with Gasteiger partial charge in [-0.05, 0) is 38.0 Å². The molecule has 0 unspecified atom stereocenters. The fraction of sp³-hybridized carbons (Fsp3) is 0.389. The monoisotopic (exact) mass is 328 g/mol. The van der Waals surface area contributed by atoms with Crippen LogP contribution in [0.2, 0.25) is 0 Å². The smallest absolute Gasteiger partial charge is 0.335 e. The molecular weight excluding hydrogens is 304 g/mol. The Labute approximate surface area is 142 Å². The Morgan fingerprint density at radius 2 is 1.88 bits per heavy atom. The van der Waals surface area contributed by atoms with E-state index >= 15 is 0 Å². The molecule has 6 heteroatoms. The Kier molecular flexibility index (Phi) is 6.12. The summed E-state index contributed by atoms with van der Waals surface area (Å²) in [6.07, 6.45) is 2.06. The number of benzene rings is 1. The van der Waals surface area contributed by atoms with E-state index in [1.165, 1.54) is 0 Å². The Hall–Kier alpha value is -2.63. The summed E-state index contributed by atoms with van der Waals surface area (Å²) in [5.74, 6) is 0.420. The molecule has 2 aromatic rings. The number of carbonyl (C=O) groups is 1. The average molecular weight is 328 g/mol. The van der Waals surface area contributed by atoms with Crippen LogP contribution in [-0.2, 0) is 0 Å². The maximum Gasteiger partial charge on any atom is 0.335 e. The van der Waals surface area contributed by atoms with Crippen LogP contribution in [-0.4, -0.2) is 34.1 Å². The van der Waals surface area contributed by atoms with Gasteiger partial charge in [0.05, 0.1) is 5.56 Å². The molecule has 0 aliphatic carbocycles. The Morgan fingerprint density at radius 3 is 2.50 bits per heavy atom. The van der Waals surface area contributed by atoms with Gasteiger partial charge in [-0.3, -0.25) is 0 Å². The number of hydrogen-bond acceptors (Lipinski definition) is 5. The SMILES string of the molecule is CCCN(CCC)c1nc(C)cc(Nc2cccc(C(=O)O)c2)n1. The van der Waals surface area contributed by atoms with E-state index in [0.29, 0.717) is 17.5 Å². The van der Waals surface area contributed by atoms with Crippen molar-refractivity contribution in [2.75, 3.05) is 23.3 Å². The van der Waals surface area contributed by atoms with Crippen molar-refractivity contribution in [3.63, 3.8) is 0 Å². The number of nitrogens with one attached hydrogen (secondary N) is 1. The highest BCUT2D eigenvalue weighted by Crippen LogP contribution is 2.20. The Morgan fingerprint density at radius 1 is 1.17 bits per heavy atom. The fourth-order valence-electron chi connectivity index (χ4n) is 2.49. The van der Waals surface area contributed by atoms with Crippen LogP contribution in [0.15, 0.2) is 30.3 Å². The highest BCUT2D eigenvalue weighted by Gasteiger charge is 2.11. The summed E-state index contributed by atoms with van der Waals surface area (Å²) < 4.78 is 0. The van der Waals surface area contributed by atoms with Crippen LogP contribution in [0.5, 0.6) is 0 Å². The van der Waals surface area contributed by atoms with Crippen LogP contribution in [0.25, 0.3) is 0 Å². The van der Waals surface area contributed by atoms with Gasteiger partial charge in [0.1, 0.15) is 5.82 Å². The van der Waals surface area contributed by atoms with Crippen molar-refractivity contribution in [1.29, 1.82) is 0 Å². The predicted octanol–water partition coefficient (Wildman–Crippen LogP) is 3.85. The Balaban J connectivity index is 2.27. The normalized spacial score (nSPS) is 10.5. The average Bonchev–Trinajstić information content (AvgIpc) is 2.54. The second-order valence-electron chi connectivity index (χ2n) is 5.69. The van der Waals surface area contributed by atoms with Gasteiger partial charge in [0.25, 0.3) is 0 Å². The first-order chi connectivity index (χ1) is 11.5. The molecule has 0 atom stereocenters. The molecule has 128 valence electrons. The first-order valence-electron chi connectivity index (χ1n) is 8.24. The number of aromatic nitrogens is 2. The van der Waals surface area contributed by atoms with E-state index in [4.69, 9.17) is 5.11 Å². The molecule has 2 rings (SSSR count). The third kappa shape index (κ3) is 4.68. The van der Waals surface area contributed by atoms with E-state index in [1.807, 2.05) is 19.1 Å². The van der Waals surface area contributed by atoms with Gasteiger partial charge in [-0.25, -0.2) is 9.78 Å². The number of rotatable bonds is 8. The molecule has 1 heterocycles. The van der Waals surface area contributed by atoms with E-state index in [9.17, 15) is 4.79 Å². The molecule has 0 aliphatic heterocycles. The van der Waals surface area contributed by atoms with Crippen molar-refractivity contribution in [1.82, 2.24) is 9.97 Å². The van der Waals surface area contributed by atoms with Crippen LogP contribution in [0.4, 0.5) is 17.5 Å². The number of aryl methyl sites for hydroxylation is 1. The molecule has 0 saturated carbocycles. The topological polar surface area (TPSA) is 78.4 Å². The summed E-state index contributed by atoms with van der Waals surface area (Å²) in [6.45, 7) is 8.01. The first-order valence-corrected chi connectivity index (χ1v) is 8.24. The standard InChI is InChI=1S/C18H24N4O2/c1-4-9-22(10-5-2)18-19-13(3)11-16(21-18)20-15-8-6-7-14(12-15)17(23)24/h6-8,11-12H,4-5,9-10H2,1-3H3,(H,23,24)(H,19,20,21). The molecule has 0 bridgehead atoms. The lowest BCUT2D eigenvalue weighted by Crippen LogP contribution is -2.27. The first kappa shape index (κ1) is 17.7. The Bertz CT molecular complexity index is 697. The molecule has 0 amide bonds. The van der Waals surface area contributed by atoms with Crippen molar-refractivity contribution in [2.24, 2.45) is 0 Å². The number of nitrogens with zero attached hydrogens (tertiary/aromatic N) is 3. The van der Waals surface area contributed by atoms with Gasteiger partial charge in [0.15, 0.2) is 0 Å². The van der Waals surface area contributed by atoms with Gasteiger partial charge in [-0.2, -0.15) is 4.98 Å². The molecule has 0 saturated heterocycles. The molecule has 0 radical (unpaired) electrons. The lowest BCUT2D eigenvalue weighted by molar-refractivity contribution is 0.0697. The third-order valence-corrected chi connectivity index (χ3v) is 3.49. The number of carboxylic acid groups (broad SMARTS) is 1. The summed E-state index contributed by atoms with van der Waals surface area (Å²) >= 11 is 0. The van der Waals surface area contributed by atoms with Gasteiger partial charge >= 0.3 is 5.97 Å². The molecule has 0 spiro atoms. The molecule has 0 fully saturated rings. The lowest BCUT2D eigenvalue weighted by Gasteiger charge is -2.22. The van der Waals surface area contributed by atoms with E-state index in [1.54, 1.807) is 18.2 Å². The van der Waals surface area contributed by atoms with Crippen molar-refractivity contribution in [3.8, 4) is 0 Å². The minimum atomic E-state index is -0.949. The zero-order valence-corrected chi connectivity index (χ0v) is 14.4. The van der Waals surface area contributed by atoms with Crippen molar-refractivity contribution in [2.45, 2.75) is 33.6 Å². The predicted molar refractivity (Wildman–Crippen MR) is 96.2 cm³/mol.